The summed E-state index contributed by atoms with van der Waals surface area (Å²) >= 11 is 6.60. The first-order valence-corrected chi connectivity index (χ1v) is 10.2. The van der Waals surface area contributed by atoms with Crippen molar-refractivity contribution in [2.24, 2.45) is 0 Å². The first-order valence-electron chi connectivity index (χ1n) is 8.91. The molecule has 0 aromatic heterocycles. The average Bonchev–Trinajstić information content (AvgIpc) is 2.77. The molecular weight excluding hydrogens is 420 g/mol. The van der Waals surface area contributed by atoms with Crippen molar-refractivity contribution in [3.8, 4) is 0 Å². The van der Waals surface area contributed by atoms with Crippen LogP contribution in [0.15, 0.2) is 89.8 Å². The topological polar surface area (TPSA) is 96.3 Å². The van der Waals surface area contributed by atoms with Gasteiger partial charge in [-0.3, -0.25) is 25.8 Å². The summed E-state index contributed by atoms with van der Waals surface area (Å²) in [6, 6.07) is 25.0. The lowest BCUT2D eigenvalue weighted by molar-refractivity contribution is -0.384. The Morgan fingerprint density at radius 2 is 1.60 bits per heavy atom. The minimum Gasteiger partial charge on any atom is -0.331 e. The Labute approximate surface area is 183 Å². The summed E-state index contributed by atoms with van der Waals surface area (Å²) in [5, 5.41) is 13.3. The van der Waals surface area contributed by atoms with Gasteiger partial charge in [0, 0.05) is 22.7 Å². The number of thioether (sulfide) groups is 1. The van der Waals surface area contributed by atoms with Crippen LogP contribution in [0.2, 0.25) is 0 Å². The molecule has 0 bridgehead atoms. The Balaban J connectivity index is 1.64. The number of carbonyl (C=O) groups is 1. The fourth-order valence-corrected chi connectivity index (χ4v) is 3.79. The number of hydrazine groups is 1. The van der Waals surface area contributed by atoms with Gasteiger partial charge >= 0.3 is 0 Å². The number of non-ortho nitro benzene ring substituents is 1. The van der Waals surface area contributed by atoms with Gasteiger partial charge in [-0.1, -0.05) is 54.6 Å². The first kappa shape index (κ1) is 21.3. The van der Waals surface area contributed by atoms with E-state index >= 15 is 0 Å². The summed E-state index contributed by atoms with van der Waals surface area (Å²) in [4.78, 5) is 24.2. The number of rotatable bonds is 6. The zero-order chi connectivity index (χ0) is 21.3. The molecule has 1 unspecified atom stereocenters. The van der Waals surface area contributed by atoms with E-state index in [1.54, 1.807) is 12.1 Å². The predicted octanol–water partition coefficient (Wildman–Crippen LogP) is 4.45. The van der Waals surface area contributed by atoms with Crippen LogP contribution in [0.4, 0.5) is 11.4 Å². The molecule has 0 saturated carbocycles. The molecule has 0 spiro atoms. The van der Waals surface area contributed by atoms with Crippen LogP contribution in [0, 0.1) is 10.1 Å². The summed E-state index contributed by atoms with van der Waals surface area (Å²) in [7, 11) is 0. The number of nitrogens with one attached hydrogen (secondary N) is 3. The molecule has 0 fully saturated rings. The third-order valence-electron chi connectivity index (χ3n) is 3.95. The van der Waals surface area contributed by atoms with E-state index in [4.69, 9.17) is 12.2 Å². The summed E-state index contributed by atoms with van der Waals surface area (Å²) in [5.74, 6) is -0.279. The lowest BCUT2D eigenvalue weighted by Crippen LogP contribution is -2.45. The molecule has 0 aliphatic rings. The average molecular weight is 439 g/mol. The van der Waals surface area contributed by atoms with Crippen molar-refractivity contribution in [3.63, 3.8) is 0 Å². The number of benzene rings is 3. The van der Waals surface area contributed by atoms with Gasteiger partial charge in [0.25, 0.3) is 11.6 Å². The molecule has 7 nitrogen and oxygen atoms in total. The molecule has 0 saturated heterocycles. The fraction of sp³-hybridized carbons (Fsp3) is 0.0476. The first-order chi connectivity index (χ1) is 14.5. The van der Waals surface area contributed by atoms with Crippen molar-refractivity contribution in [3.05, 3.63) is 101 Å². The smallest absolute Gasteiger partial charge is 0.271 e. The van der Waals surface area contributed by atoms with Gasteiger partial charge in [0.2, 0.25) is 0 Å². The molecule has 3 aromatic carbocycles. The van der Waals surface area contributed by atoms with Crippen LogP contribution < -0.4 is 16.2 Å². The summed E-state index contributed by atoms with van der Waals surface area (Å²) in [6.45, 7) is 0. The number of nitro groups is 1. The van der Waals surface area contributed by atoms with Crippen LogP contribution in [0.1, 0.15) is 10.8 Å². The lowest BCUT2D eigenvalue weighted by atomic mass is 10.1. The second-order valence-electron chi connectivity index (χ2n) is 6.10. The second-order valence-corrected chi connectivity index (χ2v) is 7.68. The summed E-state index contributed by atoms with van der Waals surface area (Å²) < 4.78 is 0. The standard InChI is InChI=1S/C21H18N4O3S2/c26-20(23-24-21(29)22-16-10-7-11-17(14-16)25(27)28)19(15-8-3-1-4-9-15)30-18-12-5-2-6-13-18/h1-14,19H,(H,23,26)(H2,22,24,29). The minimum atomic E-state index is -0.498. The van der Waals surface area contributed by atoms with Gasteiger partial charge in [0.1, 0.15) is 5.25 Å². The highest BCUT2D eigenvalue weighted by Gasteiger charge is 2.22. The summed E-state index contributed by atoms with van der Waals surface area (Å²) in [6.07, 6.45) is 0. The number of nitro benzene ring substituents is 1. The van der Waals surface area contributed by atoms with E-state index in [1.807, 2.05) is 60.7 Å². The molecule has 3 rings (SSSR count). The molecule has 0 heterocycles. The number of anilines is 1. The Morgan fingerprint density at radius 1 is 0.933 bits per heavy atom. The van der Waals surface area contributed by atoms with E-state index in [0.29, 0.717) is 5.69 Å². The third kappa shape index (κ3) is 6.03. The fourth-order valence-electron chi connectivity index (χ4n) is 2.58. The highest BCUT2D eigenvalue weighted by atomic mass is 32.2. The maximum atomic E-state index is 12.9. The quantitative estimate of drug-likeness (QED) is 0.226. The van der Waals surface area contributed by atoms with Gasteiger partial charge in [-0.05, 0) is 36.0 Å². The molecular formula is C21H18N4O3S2. The second kappa shape index (κ2) is 10.4. The molecule has 1 atom stereocenters. The Bertz CT molecular complexity index is 1030. The van der Waals surface area contributed by atoms with Crippen molar-refractivity contribution in [1.29, 1.82) is 0 Å². The maximum absolute atomic E-state index is 12.9. The molecule has 9 heteroatoms. The largest absolute Gasteiger partial charge is 0.331 e. The van der Waals surface area contributed by atoms with Crippen molar-refractivity contribution < 1.29 is 9.72 Å². The van der Waals surface area contributed by atoms with E-state index in [2.05, 4.69) is 16.2 Å². The van der Waals surface area contributed by atoms with Gasteiger partial charge in [0.15, 0.2) is 5.11 Å². The molecule has 152 valence electrons. The maximum Gasteiger partial charge on any atom is 0.271 e. The molecule has 0 aliphatic heterocycles. The van der Waals surface area contributed by atoms with E-state index in [9.17, 15) is 14.9 Å². The van der Waals surface area contributed by atoms with Crippen LogP contribution in [0.25, 0.3) is 0 Å². The molecule has 30 heavy (non-hydrogen) atoms. The van der Waals surface area contributed by atoms with Crippen LogP contribution in [-0.4, -0.2) is 15.9 Å². The molecule has 3 aromatic rings. The van der Waals surface area contributed by atoms with E-state index in [0.717, 1.165) is 10.5 Å². The van der Waals surface area contributed by atoms with Gasteiger partial charge in [-0.2, -0.15) is 0 Å². The van der Waals surface area contributed by atoms with Crippen molar-refractivity contribution in [2.75, 3.05) is 5.32 Å². The third-order valence-corrected chi connectivity index (χ3v) is 5.42. The van der Waals surface area contributed by atoms with Gasteiger partial charge in [-0.15, -0.1) is 11.8 Å². The van der Waals surface area contributed by atoms with Crippen molar-refractivity contribution in [1.82, 2.24) is 10.9 Å². The molecule has 0 aliphatic carbocycles. The van der Waals surface area contributed by atoms with Gasteiger partial charge in [-0.25, -0.2) is 0 Å². The SMILES string of the molecule is O=C(NNC(=S)Nc1cccc([N+](=O)[O-])c1)C(Sc1ccccc1)c1ccccc1. The molecule has 0 radical (unpaired) electrons. The Kier molecular flexibility index (Phi) is 7.36. The zero-order valence-electron chi connectivity index (χ0n) is 15.6. The van der Waals surface area contributed by atoms with E-state index < -0.39 is 10.2 Å². The highest BCUT2D eigenvalue weighted by molar-refractivity contribution is 8.00. The zero-order valence-corrected chi connectivity index (χ0v) is 17.3. The monoisotopic (exact) mass is 438 g/mol. The number of thiocarbonyl (C=S) groups is 1. The van der Waals surface area contributed by atoms with Gasteiger partial charge in [0.05, 0.1) is 4.92 Å². The van der Waals surface area contributed by atoms with Gasteiger partial charge < -0.3 is 5.32 Å². The van der Waals surface area contributed by atoms with Crippen molar-refractivity contribution in [2.45, 2.75) is 10.1 Å². The van der Waals surface area contributed by atoms with Crippen LogP contribution in [0.5, 0.6) is 0 Å². The number of hydrogen-bond donors (Lipinski definition) is 3. The Morgan fingerprint density at radius 3 is 2.27 bits per heavy atom. The number of amides is 1. The highest BCUT2D eigenvalue weighted by Crippen LogP contribution is 2.35. The van der Waals surface area contributed by atoms with Crippen LogP contribution in [0.3, 0.4) is 0 Å². The minimum absolute atomic E-state index is 0.0600. The lowest BCUT2D eigenvalue weighted by Gasteiger charge is -2.18. The number of nitrogens with zero attached hydrogens (tertiary/aromatic N) is 1. The van der Waals surface area contributed by atoms with Crippen LogP contribution >= 0.6 is 24.0 Å². The number of hydrogen-bond acceptors (Lipinski definition) is 5. The van der Waals surface area contributed by atoms with Crippen molar-refractivity contribution >= 4 is 46.4 Å². The normalized spacial score (nSPS) is 11.2. The predicted molar refractivity (Wildman–Crippen MR) is 122 cm³/mol. The number of carbonyl (C=O) groups excluding carboxylic acids is 1. The molecule has 3 N–H and O–H groups in total. The molecule has 1 amide bonds. The summed E-state index contributed by atoms with van der Waals surface area (Å²) in [5.41, 5.74) is 6.49. The van der Waals surface area contributed by atoms with Crippen LogP contribution in [-0.2, 0) is 4.79 Å². The van der Waals surface area contributed by atoms with E-state index in [1.165, 1.54) is 23.9 Å². The Hall–Kier alpha value is -3.43. The van der Waals surface area contributed by atoms with E-state index in [-0.39, 0.29) is 16.7 Å².